The van der Waals surface area contributed by atoms with Crippen LogP contribution in [0.1, 0.15) is 16.1 Å². The van der Waals surface area contributed by atoms with Gasteiger partial charge >= 0.3 is 0 Å². The first kappa shape index (κ1) is 10.8. The summed E-state index contributed by atoms with van der Waals surface area (Å²) in [6.45, 7) is 0. The number of rotatable bonds is 2. The molecule has 0 bridgehead atoms. The third-order valence-electron chi connectivity index (χ3n) is 1.99. The van der Waals surface area contributed by atoms with Gasteiger partial charge in [0.15, 0.2) is 11.0 Å². The number of hydrogen-bond acceptors (Lipinski definition) is 2. The molecule has 2 aromatic rings. The Labute approximate surface area is 94.4 Å². The summed E-state index contributed by atoms with van der Waals surface area (Å²) in [7, 11) is 0. The van der Waals surface area contributed by atoms with E-state index in [0.29, 0.717) is 0 Å². The molecule has 82 valence electrons. The molecule has 5 heteroatoms. The zero-order valence-electron chi connectivity index (χ0n) is 7.84. The Morgan fingerprint density at radius 2 is 1.75 bits per heavy atom. The number of carbonyl (C=O) groups excluding carboxylic acids is 1. The third-order valence-corrected chi connectivity index (χ3v) is 2.19. The fourth-order valence-corrected chi connectivity index (χ4v) is 1.42. The first-order valence-corrected chi connectivity index (χ1v) is 4.71. The van der Waals surface area contributed by atoms with Crippen LogP contribution in [0.2, 0.25) is 5.22 Å². The Hall–Kier alpha value is -1.68. The molecule has 2 nitrogen and oxygen atoms in total. The van der Waals surface area contributed by atoms with Crippen LogP contribution in [0.25, 0.3) is 0 Å². The van der Waals surface area contributed by atoms with Crippen molar-refractivity contribution in [3.63, 3.8) is 0 Å². The topological polar surface area (TPSA) is 30.2 Å². The SMILES string of the molecule is O=C(c1ccc(Cl)o1)c1c(F)cccc1F. The van der Waals surface area contributed by atoms with Crippen LogP contribution in [0.3, 0.4) is 0 Å². The van der Waals surface area contributed by atoms with Crippen LogP contribution < -0.4 is 0 Å². The fraction of sp³-hybridized carbons (Fsp3) is 0. The minimum Gasteiger partial charge on any atom is -0.441 e. The standard InChI is InChI=1S/C11H5ClF2O2/c12-9-5-4-8(16-9)11(15)10-6(13)2-1-3-7(10)14/h1-5H. The summed E-state index contributed by atoms with van der Waals surface area (Å²) in [5.74, 6) is -2.94. The average molecular weight is 243 g/mol. The number of furan rings is 1. The Morgan fingerprint density at radius 1 is 1.12 bits per heavy atom. The Morgan fingerprint density at radius 3 is 2.25 bits per heavy atom. The van der Waals surface area contributed by atoms with E-state index in [4.69, 9.17) is 16.0 Å². The Balaban J connectivity index is 2.49. The molecule has 0 unspecified atom stereocenters. The smallest absolute Gasteiger partial charge is 0.234 e. The maximum absolute atomic E-state index is 13.3. The quantitative estimate of drug-likeness (QED) is 0.755. The van der Waals surface area contributed by atoms with E-state index < -0.39 is 23.0 Å². The van der Waals surface area contributed by atoms with Gasteiger partial charge in [0.2, 0.25) is 5.78 Å². The highest BCUT2D eigenvalue weighted by molar-refractivity contribution is 6.29. The van der Waals surface area contributed by atoms with Gasteiger partial charge in [-0.15, -0.1) is 0 Å². The predicted octanol–water partition coefficient (Wildman–Crippen LogP) is 3.44. The molecule has 16 heavy (non-hydrogen) atoms. The number of halogens is 3. The highest BCUT2D eigenvalue weighted by Crippen LogP contribution is 2.20. The Bertz CT molecular complexity index is 528. The lowest BCUT2D eigenvalue weighted by molar-refractivity contribution is 0.100. The molecule has 1 aromatic carbocycles. The molecular weight excluding hydrogens is 238 g/mol. The predicted molar refractivity (Wildman–Crippen MR) is 53.5 cm³/mol. The van der Waals surface area contributed by atoms with Gasteiger partial charge in [0.25, 0.3) is 0 Å². The van der Waals surface area contributed by atoms with Crippen molar-refractivity contribution in [1.29, 1.82) is 0 Å². The van der Waals surface area contributed by atoms with Gasteiger partial charge in [-0.25, -0.2) is 8.78 Å². The lowest BCUT2D eigenvalue weighted by atomic mass is 10.1. The monoisotopic (exact) mass is 242 g/mol. The molecule has 0 atom stereocenters. The van der Waals surface area contributed by atoms with Crippen LogP contribution in [-0.4, -0.2) is 5.78 Å². The molecule has 0 saturated carbocycles. The van der Waals surface area contributed by atoms with Crippen molar-refractivity contribution in [2.75, 3.05) is 0 Å². The minimum absolute atomic E-state index is 0.0138. The third kappa shape index (κ3) is 1.84. The number of carbonyl (C=O) groups is 1. The fourth-order valence-electron chi connectivity index (χ4n) is 1.27. The van der Waals surface area contributed by atoms with Gasteiger partial charge in [-0.3, -0.25) is 4.79 Å². The van der Waals surface area contributed by atoms with Crippen LogP contribution in [0, 0.1) is 11.6 Å². The second-order valence-corrected chi connectivity index (χ2v) is 3.40. The van der Waals surface area contributed by atoms with Crippen LogP contribution in [-0.2, 0) is 0 Å². The average Bonchev–Trinajstić information content (AvgIpc) is 2.64. The van der Waals surface area contributed by atoms with Crippen molar-refractivity contribution in [3.05, 3.63) is 58.5 Å². The van der Waals surface area contributed by atoms with Crippen LogP contribution in [0.5, 0.6) is 0 Å². The zero-order chi connectivity index (χ0) is 11.7. The van der Waals surface area contributed by atoms with Crippen molar-refractivity contribution >= 4 is 17.4 Å². The van der Waals surface area contributed by atoms with E-state index >= 15 is 0 Å². The van der Waals surface area contributed by atoms with Gasteiger partial charge in [-0.1, -0.05) is 6.07 Å². The van der Waals surface area contributed by atoms with Crippen molar-refractivity contribution in [1.82, 2.24) is 0 Å². The van der Waals surface area contributed by atoms with E-state index in [2.05, 4.69) is 0 Å². The molecule has 1 heterocycles. The highest BCUT2D eigenvalue weighted by atomic mass is 35.5. The molecule has 0 radical (unpaired) electrons. The molecule has 1 aromatic heterocycles. The van der Waals surface area contributed by atoms with Crippen LogP contribution >= 0.6 is 11.6 Å². The van der Waals surface area contributed by atoms with E-state index in [1.165, 1.54) is 18.2 Å². The number of ketones is 1. The summed E-state index contributed by atoms with van der Waals surface area (Å²) in [5, 5.41) is -0.0138. The summed E-state index contributed by atoms with van der Waals surface area (Å²) in [6, 6.07) is 5.77. The molecule has 0 aliphatic heterocycles. The van der Waals surface area contributed by atoms with E-state index in [0.717, 1.165) is 12.1 Å². The van der Waals surface area contributed by atoms with E-state index in [1.807, 2.05) is 0 Å². The maximum Gasteiger partial charge on any atom is 0.234 e. The molecule has 0 N–H and O–H groups in total. The molecular formula is C11H5ClF2O2. The highest BCUT2D eigenvalue weighted by Gasteiger charge is 2.21. The van der Waals surface area contributed by atoms with Gasteiger partial charge in [-0.05, 0) is 35.9 Å². The van der Waals surface area contributed by atoms with Gasteiger partial charge in [0.1, 0.15) is 11.6 Å². The van der Waals surface area contributed by atoms with E-state index in [9.17, 15) is 13.6 Å². The van der Waals surface area contributed by atoms with Crippen molar-refractivity contribution in [2.45, 2.75) is 0 Å². The van der Waals surface area contributed by atoms with Crippen LogP contribution in [0.4, 0.5) is 8.78 Å². The summed E-state index contributed by atoms with van der Waals surface area (Å²) in [5.41, 5.74) is -0.645. The molecule has 2 rings (SSSR count). The Kier molecular flexibility index (Phi) is 2.75. The largest absolute Gasteiger partial charge is 0.441 e. The lowest BCUT2D eigenvalue weighted by Crippen LogP contribution is -2.06. The normalized spacial score (nSPS) is 10.4. The van der Waals surface area contributed by atoms with Gasteiger partial charge in [-0.2, -0.15) is 0 Å². The molecule has 0 aliphatic rings. The summed E-state index contributed by atoms with van der Waals surface area (Å²) in [4.78, 5) is 11.7. The van der Waals surface area contributed by atoms with Crippen molar-refractivity contribution in [2.24, 2.45) is 0 Å². The van der Waals surface area contributed by atoms with Crippen molar-refractivity contribution < 1.29 is 18.0 Å². The second-order valence-electron chi connectivity index (χ2n) is 3.03. The first-order chi connectivity index (χ1) is 7.59. The van der Waals surface area contributed by atoms with Gasteiger partial charge in [0.05, 0.1) is 5.56 Å². The van der Waals surface area contributed by atoms with Crippen molar-refractivity contribution in [3.8, 4) is 0 Å². The zero-order valence-corrected chi connectivity index (χ0v) is 8.59. The summed E-state index contributed by atoms with van der Waals surface area (Å²) >= 11 is 5.47. The molecule has 0 amide bonds. The summed E-state index contributed by atoms with van der Waals surface area (Å²) < 4.78 is 31.3. The molecule has 0 aliphatic carbocycles. The van der Waals surface area contributed by atoms with Crippen LogP contribution in [0.15, 0.2) is 34.7 Å². The maximum atomic E-state index is 13.3. The second kappa shape index (κ2) is 4.06. The van der Waals surface area contributed by atoms with Gasteiger partial charge in [0, 0.05) is 0 Å². The van der Waals surface area contributed by atoms with Gasteiger partial charge < -0.3 is 4.42 Å². The van der Waals surface area contributed by atoms with E-state index in [1.54, 1.807) is 0 Å². The van der Waals surface area contributed by atoms with E-state index in [-0.39, 0.29) is 11.0 Å². The molecule has 0 spiro atoms. The first-order valence-electron chi connectivity index (χ1n) is 4.33. The lowest BCUT2D eigenvalue weighted by Gasteiger charge is -2.00. The number of hydrogen-bond donors (Lipinski definition) is 0. The molecule has 0 fully saturated rings. The summed E-state index contributed by atoms with van der Waals surface area (Å²) in [6.07, 6.45) is 0. The number of benzene rings is 1. The molecule has 0 saturated heterocycles. The minimum atomic E-state index is -0.933.